The summed E-state index contributed by atoms with van der Waals surface area (Å²) in [5.41, 5.74) is 27.4. The molecule has 22 heteroatoms. The Morgan fingerprint density at radius 3 is 1.03 bits per heavy atom. The molecule has 1 unspecified atom stereocenters. The monoisotopic (exact) mass is 855 g/mol. The van der Waals surface area contributed by atoms with Crippen LogP contribution in [0.3, 0.4) is 0 Å². The van der Waals surface area contributed by atoms with Crippen LogP contribution in [0.15, 0.2) is 0 Å². The second kappa shape index (κ2) is 16.1. The molecule has 0 spiro atoms. The maximum absolute atomic E-state index is 13.7. The van der Waals surface area contributed by atoms with Crippen molar-refractivity contribution in [3.63, 3.8) is 0 Å². The normalized spacial score (nSPS) is 35.4. The Morgan fingerprint density at radius 1 is 0.459 bits per heavy atom. The molecule has 0 aromatic heterocycles. The van der Waals surface area contributed by atoms with E-state index in [-0.39, 0.29) is 122 Å². The summed E-state index contributed by atoms with van der Waals surface area (Å²) in [6.45, 7) is 12.0. The lowest BCUT2D eigenvalue weighted by molar-refractivity contribution is -0.142. The first kappa shape index (κ1) is 45.1. The van der Waals surface area contributed by atoms with E-state index in [1.165, 1.54) is 14.7 Å². The minimum absolute atomic E-state index is 0.0647. The summed E-state index contributed by atoms with van der Waals surface area (Å²) in [5, 5.41) is 39.2. The number of hydrogen-bond acceptors (Lipinski definition) is 10. The van der Waals surface area contributed by atoms with E-state index in [0.29, 0.717) is 19.3 Å². The third-order valence-electron chi connectivity index (χ3n) is 15.3. The molecule has 22 nitrogen and oxygen atoms in total. The molecule has 0 radical (unpaired) electrons. The largest absolute Gasteiger partial charge is 0.370 e. The van der Waals surface area contributed by atoms with Gasteiger partial charge < -0.3 is 70.0 Å². The molecule has 0 aromatic rings. The van der Waals surface area contributed by atoms with Crippen molar-refractivity contribution in [3.8, 4) is 0 Å². The van der Waals surface area contributed by atoms with E-state index in [1.807, 2.05) is 41.5 Å². The highest BCUT2D eigenvalue weighted by Gasteiger charge is 2.56. The highest BCUT2D eigenvalue weighted by Crippen LogP contribution is 2.48. The van der Waals surface area contributed by atoms with E-state index in [4.69, 9.17) is 44.9 Å². The van der Waals surface area contributed by atoms with Crippen LogP contribution < -0.4 is 55.3 Å². The summed E-state index contributed by atoms with van der Waals surface area (Å²) < 4.78 is 0. The third kappa shape index (κ3) is 8.33. The molecule has 12 atom stereocenters. The van der Waals surface area contributed by atoms with Crippen molar-refractivity contribution in [1.82, 2.24) is 41.3 Å². The molecule has 338 valence electrons. The van der Waals surface area contributed by atoms with E-state index >= 15 is 0 Å². The quantitative estimate of drug-likeness (QED) is 0.0703. The number of nitrogens with two attached hydrogens (primary N) is 5. The average Bonchev–Trinajstić information content (AvgIpc) is 3.91. The van der Waals surface area contributed by atoms with Gasteiger partial charge in [0, 0.05) is 73.6 Å². The highest BCUT2D eigenvalue weighted by molar-refractivity contribution is 5.91. The highest BCUT2D eigenvalue weighted by atomic mass is 16.2. The molecule has 61 heavy (non-hydrogen) atoms. The number of primary amides is 1. The van der Waals surface area contributed by atoms with Gasteiger partial charge in [0.1, 0.15) is 18.1 Å². The van der Waals surface area contributed by atoms with Gasteiger partial charge in [-0.2, -0.15) is 0 Å². The van der Waals surface area contributed by atoms with Gasteiger partial charge in [-0.1, -0.05) is 41.5 Å². The number of amides is 6. The fourth-order valence-corrected chi connectivity index (χ4v) is 10.5. The van der Waals surface area contributed by atoms with Crippen LogP contribution in [-0.4, -0.2) is 142 Å². The molecule has 0 aromatic carbocycles. The lowest BCUT2D eigenvalue weighted by Gasteiger charge is -2.51. The van der Waals surface area contributed by atoms with Gasteiger partial charge in [0.15, 0.2) is 17.9 Å². The summed E-state index contributed by atoms with van der Waals surface area (Å²) in [6, 6.07) is -4.50. The molecule has 6 amide bonds. The number of hydrogen-bond donors (Lipinski definition) is 13. The van der Waals surface area contributed by atoms with Crippen LogP contribution in [0.5, 0.6) is 0 Å². The zero-order chi connectivity index (χ0) is 45.3. The van der Waals surface area contributed by atoms with Gasteiger partial charge in [-0.05, 0) is 54.8 Å². The number of nitrogens with one attached hydrogen (secondary N) is 8. The van der Waals surface area contributed by atoms with Gasteiger partial charge >= 0.3 is 0 Å². The molecule has 6 aliphatic rings. The summed E-state index contributed by atoms with van der Waals surface area (Å²) in [5.74, 6) is -4.01. The van der Waals surface area contributed by atoms with E-state index in [2.05, 4.69) is 26.6 Å². The topological polar surface area (TPSA) is 374 Å². The van der Waals surface area contributed by atoms with Crippen molar-refractivity contribution in [1.29, 1.82) is 16.2 Å². The van der Waals surface area contributed by atoms with Gasteiger partial charge in [-0.3, -0.25) is 45.0 Å². The summed E-state index contributed by atoms with van der Waals surface area (Å²) in [7, 11) is 0. The van der Waals surface area contributed by atoms with Gasteiger partial charge in [0.2, 0.25) is 35.4 Å². The Balaban J connectivity index is 0.980. The van der Waals surface area contributed by atoms with Crippen molar-refractivity contribution in [2.75, 3.05) is 19.6 Å². The van der Waals surface area contributed by atoms with Crippen LogP contribution in [0, 0.1) is 50.2 Å². The second-order valence-electron chi connectivity index (χ2n) is 19.9. The Bertz CT molecular complexity index is 1850. The molecule has 3 aliphatic carbocycles. The van der Waals surface area contributed by atoms with Crippen molar-refractivity contribution >= 4 is 53.3 Å². The maximum atomic E-state index is 13.7. The average molecular weight is 855 g/mol. The molecule has 3 heterocycles. The molecule has 3 saturated heterocycles. The van der Waals surface area contributed by atoms with Crippen LogP contribution >= 0.6 is 0 Å². The van der Waals surface area contributed by atoms with Gasteiger partial charge in [-0.25, -0.2) is 0 Å². The molecular weight excluding hydrogens is 789 g/mol. The smallest absolute Gasteiger partial charge is 0.243 e. The third-order valence-corrected chi connectivity index (χ3v) is 15.3. The van der Waals surface area contributed by atoms with Crippen molar-refractivity contribution in [2.45, 2.75) is 134 Å². The first-order chi connectivity index (χ1) is 28.2. The van der Waals surface area contributed by atoms with E-state index < -0.39 is 58.8 Å². The molecule has 6 rings (SSSR count). The maximum Gasteiger partial charge on any atom is 0.243 e. The first-order valence-corrected chi connectivity index (χ1v) is 21.1. The van der Waals surface area contributed by atoms with Crippen molar-refractivity contribution in [2.24, 2.45) is 62.7 Å². The Morgan fingerprint density at radius 2 is 0.770 bits per heavy atom. The minimum atomic E-state index is -0.836. The van der Waals surface area contributed by atoms with Crippen molar-refractivity contribution in [3.05, 3.63) is 0 Å². The van der Waals surface area contributed by atoms with Gasteiger partial charge in [0.05, 0.1) is 0 Å². The summed E-state index contributed by atoms with van der Waals surface area (Å²) >= 11 is 0. The Hall–Kier alpha value is -5.41. The van der Waals surface area contributed by atoms with E-state index in [9.17, 15) is 28.8 Å². The second-order valence-corrected chi connectivity index (χ2v) is 19.9. The lowest BCUT2D eigenvalue weighted by Crippen LogP contribution is -2.64. The molecule has 6 fully saturated rings. The van der Waals surface area contributed by atoms with Crippen LogP contribution in [0.1, 0.15) is 80.1 Å². The molecule has 3 aliphatic heterocycles. The lowest BCUT2D eigenvalue weighted by atomic mass is 9.58. The van der Waals surface area contributed by atoms with E-state index in [1.54, 1.807) is 0 Å². The minimum Gasteiger partial charge on any atom is -0.370 e. The fourth-order valence-electron chi connectivity index (χ4n) is 10.5. The number of carbonyl (C=O) groups is 6. The Labute approximate surface area is 355 Å². The van der Waals surface area contributed by atoms with Crippen LogP contribution in [0.2, 0.25) is 0 Å². The summed E-state index contributed by atoms with van der Waals surface area (Å²) in [6.07, 6.45) is 1.99. The zero-order valence-electron chi connectivity index (χ0n) is 36.0. The predicted molar refractivity (Wildman–Crippen MR) is 224 cm³/mol. The SMILES string of the molecule is CC1(C)C(NC(=O)[C@@H]2C[C@H](NC(=O)[C@H]3C[C@@H](NC(=O)[C@@H]4C[C@H](NC(=O)[C@H]5C[C@@H](N)C5(C)C)CN4C(=N)N)C3(C)C)CN2C(=N)N)C[C@@H]1C(=O)N[C@H]1C[C@@H](C(N)=O)N(C(=N)N)C1. The van der Waals surface area contributed by atoms with E-state index in [0.717, 1.165) is 0 Å². The Kier molecular flexibility index (Phi) is 11.9. The molecule has 3 saturated carbocycles. The number of rotatable bonds is 11. The number of carbonyl (C=O) groups excluding carboxylic acids is 6. The zero-order valence-corrected chi connectivity index (χ0v) is 36.0. The number of likely N-dealkylation sites (tertiary alicyclic amines) is 3. The first-order valence-electron chi connectivity index (χ1n) is 21.1. The summed E-state index contributed by atoms with van der Waals surface area (Å²) in [4.78, 5) is 83.7. The van der Waals surface area contributed by atoms with Crippen LogP contribution in [0.25, 0.3) is 0 Å². The standard InChI is InChI=1S/C39H66N16O6/c1-37(2)19(10-25(37)40)29(57)49-17-8-23(54(14-17)35(44)45)32(60)52-27-12-21(39(27,5)6)31(59)50-18-9-24(55(15-18)36(46)47)33(61)51-26-11-20(38(26,3)4)30(58)48-16-7-22(28(41)56)53(13-16)34(42)43/h16-27H,7-15,40H2,1-6H3,(H2,41,56)(H3,42,43)(H3,44,45)(H3,46,47)(H,48,58)(H,49,57)(H,50,59)(H,51,61)(H,52,60)/t16-,17-,18-,19+,20+,21+,22-,23-,24-,25+,26?,27+/m0/s1. The van der Waals surface area contributed by atoms with Gasteiger partial charge in [-0.15, -0.1) is 0 Å². The van der Waals surface area contributed by atoms with Crippen molar-refractivity contribution < 1.29 is 28.8 Å². The molecular formula is C39H66N16O6. The van der Waals surface area contributed by atoms with Crippen LogP contribution in [0.4, 0.5) is 0 Å². The van der Waals surface area contributed by atoms with Crippen LogP contribution in [-0.2, 0) is 28.8 Å². The fraction of sp³-hybridized carbons (Fsp3) is 0.769. The number of guanidine groups is 3. The van der Waals surface area contributed by atoms with Gasteiger partial charge in [0.25, 0.3) is 0 Å². The predicted octanol–water partition coefficient (Wildman–Crippen LogP) is -3.74. The molecule has 0 bridgehead atoms. The molecule has 18 N–H and O–H groups in total. The number of nitrogens with zero attached hydrogens (tertiary/aromatic N) is 3.